The van der Waals surface area contributed by atoms with Crippen LogP contribution in [0.1, 0.15) is 42.0 Å². The van der Waals surface area contributed by atoms with Crippen LogP contribution in [0.15, 0.2) is 72.8 Å². The molecule has 0 spiro atoms. The monoisotopic (exact) mass is 300 g/mol. The first-order chi connectivity index (χ1) is 11.1. The van der Waals surface area contributed by atoms with Gasteiger partial charge in [0.1, 0.15) is 0 Å². The maximum atomic E-state index is 2.27. The van der Waals surface area contributed by atoms with E-state index in [0.717, 1.165) is 6.42 Å². The van der Waals surface area contributed by atoms with Crippen molar-refractivity contribution in [3.63, 3.8) is 0 Å². The van der Waals surface area contributed by atoms with E-state index < -0.39 is 0 Å². The largest absolute Gasteiger partial charge is 0.0620 e. The Morgan fingerprint density at radius 3 is 1.96 bits per heavy atom. The predicted molar refractivity (Wildman–Crippen MR) is 100.0 cm³/mol. The molecule has 0 heterocycles. The first-order valence-corrected chi connectivity index (χ1v) is 8.38. The molecule has 0 aliphatic rings. The molecule has 0 aliphatic carbocycles. The second-order valence-corrected chi connectivity index (χ2v) is 6.55. The van der Waals surface area contributed by atoms with Crippen LogP contribution in [-0.2, 0) is 6.42 Å². The number of benzene rings is 3. The van der Waals surface area contributed by atoms with Gasteiger partial charge in [-0.25, -0.2) is 0 Å². The van der Waals surface area contributed by atoms with Crippen LogP contribution in [-0.4, -0.2) is 0 Å². The normalized spacial score (nSPS) is 11.0. The van der Waals surface area contributed by atoms with Crippen molar-refractivity contribution in [2.24, 2.45) is 0 Å². The molecule has 23 heavy (non-hydrogen) atoms. The molecule has 0 aliphatic heterocycles. The lowest BCUT2D eigenvalue weighted by Crippen LogP contribution is -1.94. The highest BCUT2D eigenvalue weighted by Gasteiger charge is 2.08. The maximum Gasteiger partial charge on any atom is -0.00196 e. The summed E-state index contributed by atoms with van der Waals surface area (Å²) in [5, 5.41) is 0. The summed E-state index contributed by atoms with van der Waals surface area (Å²) in [5.74, 6) is 0.586. The van der Waals surface area contributed by atoms with E-state index in [-0.39, 0.29) is 0 Å². The Labute approximate surface area is 139 Å². The molecule has 0 saturated heterocycles. The molecular formula is C23H24. The van der Waals surface area contributed by atoms with Gasteiger partial charge >= 0.3 is 0 Å². The molecule has 0 aromatic heterocycles. The molecule has 116 valence electrons. The molecule has 0 bridgehead atoms. The zero-order valence-corrected chi connectivity index (χ0v) is 14.2. The highest BCUT2D eigenvalue weighted by Crippen LogP contribution is 2.28. The van der Waals surface area contributed by atoms with E-state index in [2.05, 4.69) is 93.6 Å². The minimum atomic E-state index is 0.586. The smallest absolute Gasteiger partial charge is 0.00196 e. The van der Waals surface area contributed by atoms with Crippen molar-refractivity contribution in [1.82, 2.24) is 0 Å². The van der Waals surface area contributed by atoms with Crippen LogP contribution < -0.4 is 0 Å². The zero-order valence-electron chi connectivity index (χ0n) is 14.2. The van der Waals surface area contributed by atoms with Crippen molar-refractivity contribution in [1.29, 1.82) is 0 Å². The highest BCUT2D eigenvalue weighted by molar-refractivity contribution is 5.70. The standard InChI is InChI=1S/C23H24/c1-17(2)20-14-12-19(13-15-20)16-21-9-5-7-11-23(21)22-10-6-4-8-18(22)3/h4-15,17H,16H2,1-3H3. The molecule has 0 amide bonds. The highest BCUT2D eigenvalue weighted by atomic mass is 14.1. The van der Waals surface area contributed by atoms with E-state index in [1.165, 1.54) is 33.4 Å². The van der Waals surface area contributed by atoms with Gasteiger partial charge in [-0.15, -0.1) is 0 Å². The molecule has 0 radical (unpaired) electrons. The molecule has 3 rings (SSSR count). The second kappa shape index (κ2) is 6.83. The van der Waals surface area contributed by atoms with Gasteiger partial charge in [0.25, 0.3) is 0 Å². The number of hydrogen-bond acceptors (Lipinski definition) is 0. The number of rotatable bonds is 4. The Morgan fingerprint density at radius 1 is 0.696 bits per heavy atom. The van der Waals surface area contributed by atoms with E-state index >= 15 is 0 Å². The molecule has 0 atom stereocenters. The van der Waals surface area contributed by atoms with E-state index in [1.54, 1.807) is 0 Å². The van der Waals surface area contributed by atoms with Gasteiger partial charge in [0.05, 0.1) is 0 Å². The summed E-state index contributed by atoms with van der Waals surface area (Å²) >= 11 is 0. The lowest BCUT2D eigenvalue weighted by atomic mass is 9.92. The van der Waals surface area contributed by atoms with Crippen LogP contribution in [0.3, 0.4) is 0 Å². The second-order valence-electron chi connectivity index (χ2n) is 6.55. The van der Waals surface area contributed by atoms with Crippen LogP contribution >= 0.6 is 0 Å². The fourth-order valence-corrected chi connectivity index (χ4v) is 3.05. The number of aryl methyl sites for hydroxylation is 1. The van der Waals surface area contributed by atoms with E-state index in [0.29, 0.717) is 5.92 Å². The lowest BCUT2D eigenvalue weighted by Gasteiger charge is -2.13. The van der Waals surface area contributed by atoms with Gasteiger partial charge in [-0.3, -0.25) is 0 Å². The average molecular weight is 300 g/mol. The lowest BCUT2D eigenvalue weighted by molar-refractivity contribution is 0.865. The van der Waals surface area contributed by atoms with Crippen LogP contribution in [0.5, 0.6) is 0 Å². The van der Waals surface area contributed by atoms with Crippen LogP contribution in [0.25, 0.3) is 11.1 Å². The molecule has 0 fully saturated rings. The Kier molecular flexibility index (Phi) is 4.62. The summed E-state index contributed by atoms with van der Waals surface area (Å²) in [5.41, 5.74) is 8.17. The van der Waals surface area contributed by atoms with Crippen molar-refractivity contribution >= 4 is 0 Å². The summed E-state index contributed by atoms with van der Waals surface area (Å²) in [7, 11) is 0. The predicted octanol–water partition coefficient (Wildman–Crippen LogP) is 6.38. The molecule has 0 heteroatoms. The molecule has 3 aromatic carbocycles. The molecule has 0 saturated carbocycles. The number of hydrogen-bond donors (Lipinski definition) is 0. The van der Waals surface area contributed by atoms with Crippen molar-refractivity contribution in [3.8, 4) is 11.1 Å². The van der Waals surface area contributed by atoms with Gasteiger partial charge < -0.3 is 0 Å². The molecule has 3 aromatic rings. The Balaban J connectivity index is 1.94. The third-order valence-electron chi connectivity index (χ3n) is 4.49. The Morgan fingerprint density at radius 2 is 1.30 bits per heavy atom. The van der Waals surface area contributed by atoms with E-state index in [1.807, 2.05) is 0 Å². The molecular weight excluding hydrogens is 276 g/mol. The maximum absolute atomic E-state index is 2.27. The van der Waals surface area contributed by atoms with Crippen LogP contribution in [0.2, 0.25) is 0 Å². The summed E-state index contributed by atoms with van der Waals surface area (Å²) in [4.78, 5) is 0. The van der Waals surface area contributed by atoms with Crippen LogP contribution in [0, 0.1) is 6.92 Å². The fraction of sp³-hybridized carbons (Fsp3) is 0.217. The van der Waals surface area contributed by atoms with Crippen molar-refractivity contribution in [3.05, 3.63) is 95.1 Å². The van der Waals surface area contributed by atoms with Gasteiger partial charge in [0.15, 0.2) is 0 Å². The van der Waals surface area contributed by atoms with Gasteiger partial charge in [0.2, 0.25) is 0 Å². The minimum absolute atomic E-state index is 0.586. The van der Waals surface area contributed by atoms with E-state index in [9.17, 15) is 0 Å². The SMILES string of the molecule is Cc1ccccc1-c1ccccc1Cc1ccc(C(C)C)cc1. The third-order valence-corrected chi connectivity index (χ3v) is 4.49. The quantitative estimate of drug-likeness (QED) is 0.524. The minimum Gasteiger partial charge on any atom is -0.0620 e. The summed E-state index contributed by atoms with van der Waals surface area (Å²) in [6.45, 7) is 6.66. The fourth-order valence-electron chi connectivity index (χ4n) is 3.05. The molecule has 0 unspecified atom stereocenters. The van der Waals surface area contributed by atoms with Crippen molar-refractivity contribution < 1.29 is 0 Å². The van der Waals surface area contributed by atoms with E-state index in [4.69, 9.17) is 0 Å². The Hall–Kier alpha value is -2.34. The summed E-state index contributed by atoms with van der Waals surface area (Å²) in [6.07, 6.45) is 0.975. The average Bonchev–Trinajstić information content (AvgIpc) is 2.56. The first kappa shape index (κ1) is 15.6. The first-order valence-electron chi connectivity index (χ1n) is 8.38. The van der Waals surface area contributed by atoms with Gasteiger partial charge in [-0.1, -0.05) is 86.6 Å². The molecule has 0 N–H and O–H groups in total. The zero-order chi connectivity index (χ0) is 16.2. The van der Waals surface area contributed by atoms with Gasteiger partial charge in [0, 0.05) is 0 Å². The molecule has 0 nitrogen and oxygen atoms in total. The Bertz CT molecular complexity index is 779. The van der Waals surface area contributed by atoms with Crippen molar-refractivity contribution in [2.45, 2.75) is 33.1 Å². The van der Waals surface area contributed by atoms with Crippen molar-refractivity contribution in [2.75, 3.05) is 0 Å². The topological polar surface area (TPSA) is 0 Å². The third kappa shape index (κ3) is 3.53. The van der Waals surface area contributed by atoms with Gasteiger partial charge in [-0.2, -0.15) is 0 Å². The van der Waals surface area contributed by atoms with Crippen LogP contribution in [0.4, 0.5) is 0 Å². The van der Waals surface area contributed by atoms with Gasteiger partial charge in [-0.05, 0) is 52.6 Å². The summed E-state index contributed by atoms with van der Waals surface area (Å²) < 4.78 is 0. The summed E-state index contributed by atoms with van der Waals surface area (Å²) in [6, 6.07) is 26.4.